The van der Waals surface area contributed by atoms with Crippen molar-refractivity contribution in [3.63, 3.8) is 0 Å². The molecule has 19 heavy (non-hydrogen) atoms. The van der Waals surface area contributed by atoms with Crippen LogP contribution in [0.15, 0.2) is 30.5 Å². The zero-order valence-corrected chi connectivity index (χ0v) is 11.2. The summed E-state index contributed by atoms with van der Waals surface area (Å²) in [6, 6.07) is 8.44. The van der Waals surface area contributed by atoms with Gasteiger partial charge in [0, 0.05) is 49.8 Å². The van der Waals surface area contributed by atoms with Crippen LogP contribution in [0.1, 0.15) is 5.56 Å². The van der Waals surface area contributed by atoms with Gasteiger partial charge in [-0.3, -0.25) is 4.90 Å². The summed E-state index contributed by atoms with van der Waals surface area (Å²) in [5, 5.41) is 4.85. The second-order valence-electron chi connectivity index (χ2n) is 4.99. The van der Waals surface area contributed by atoms with E-state index < -0.39 is 0 Å². The molecule has 2 heterocycles. The summed E-state index contributed by atoms with van der Waals surface area (Å²) in [7, 11) is 0. The first-order chi connectivity index (χ1) is 9.43. The zero-order valence-electron chi connectivity index (χ0n) is 11.2. The third kappa shape index (κ3) is 3.15. The highest BCUT2D eigenvalue weighted by atomic mass is 16.5. The molecule has 0 radical (unpaired) electrons. The number of nitrogens with one attached hydrogen (secondary N) is 2. The Balaban J connectivity index is 1.47. The van der Waals surface area contributed by atoms with Gasteiger partial charge in [-0.2, -0.15) is 0 Å². The molecule has 1 aliphatic heterocycles. The standard InChI is InChI=1S/C15H21N3O/c1-2-4-15-14(3-1)13(12-17-15)11-16-5-6-18-7-9-19-10-8-18/h1-4,12,16-17H,5-11H2. The summed E-state index contributed by atoms with van der Waals surface area (Å²) < 4.78 is 5.35. The smallest absolute Gasteiger partial charge is 0.0594 e. The molecule has 102 valence electrons. The number of hydrogen-bond donors (Lipinski definition) is 2. The van der Waals surface area contributed by atoms with Crippen molar-refractivity contribution in [2.45, 2.75) is 6.54 Å². The van der Waals surface area contributed by atoms with Gasteiger partial charge in [0.05, 0.1) is 13.2 Å². The van der Waals surface area contributed by atoms with E-state index in [9.17, 15) is 0 Å². The maximum atomic E-state index is 5.35. The van der Waals surface area contributed by atoms with E-state index in [1.807, 2.05) is 0 Å². The Bertz CT molecular complexity index is 517. The highest BCUT2D eigenvalue weighted by molar-refractivity contribution is 5.82. The quantitative estimate of drug-likeness (QED) is 0.801. The Kier molecular flexibility index (Phi) is 4.13. The number of H-pyrrole nitrogens is 1. The lowest BCUT2D eigenvalue weighted by molar-refractivity contribution is 0.0384. The van der Waals surface area contributed by atoms with E-state index in [1.165, 1.54) is 16.5 Å². The molecule has 2 aromatic rings. The summed E-state index contributed by atoms with van der Waals surface area (Å²) in [4.78, 5) is 5.76. The third-order valence-electron chi connectivity index (χ3n) is 3.70. The van der Waals surface area contributed by atoms with Crippen LogP contribution in [0.5, 0.6) is 0 Å². The number of rotatable bonds is 5. The van der Waals surface area contributed by atoms with Crippen LogP contribution in [0.3, 0.4) is 0 Å². The molecule has 1 aliphatic rings. The summed E-state index contributed by atoms with van der Waals surface area (Å²) >= 11 is 0. The van der Waals surface area contributed by atoms with E-state index in [1.54, 1.807) is 0 Å². The van der Waals surface area contributed by atoms with Gasteiger partial charge in [-0.15, -0.1) is 0 Å². The predicted molar refractivity (Wildman–Crippen MR) is 77.3 cm³/mol. The van der Waals surface area contributed by atoms with E-state index >= 15 is 0 Å². The average Bonchev–Trinajstić information content (AvgIpc) is 2.88. The number of hydrogen-bond acceptors (Lipinski definition) is 3. The van der Waals surface area contributed by atoms with Crippen LogP contribution in [0.4, 0.5) is 0 Å². The van der Waals surface area contributed by atoms with E-state index in [0.29, 0.717) is 0 Å². The number of morpholine rings is 1. The van der Waals surface area contributed by atoms with Crippen molar-refractivity contribution in [3.8, 4) is 0 Å². The van der Waals surface area contributed by atoms with Crippen LogP contribution >= 0.6 is 0 Å². The highest BCUT2D eigenvalue weighted by Crippen LogP contribution is 2.17. The van der Waals surface area contributed by atoms with Crippen molar-refractivity contribution in [2.75, 3.05) is 39.4 Å². The number of para-hydroxylation sites is 1. The molecule has 2 N–H and O–H groups in total. The minimum Gasteiger partial charge on any atom is -0.379 e. The van der Waals surface area contributed by atoms with Crippen molar-refractivity contribution >= 4 is 10.9 Å². The molecule has 1 aromatic carbocycles. The number of benzene rings is 1. The molecule has 0 bridgehead atoms. The molecule has 4 heteroatoms. The molecule has 1 fully saturated rings. The fourth-order valence-corrected chi connectivity index (χ4v) is 2.56. The first kappa shape index (κ1) is 12.7. The lowest BCUT2D eigenvalue weighted by atomic mass is 10.2. The molecule has 1 aromatic heterocycles. The van der Waals surface area contributed by atoms with Crippen molar-refractivity contribution in [1.29, 1.82) is 0 Å². The van der Waals surface area contributed by atoms with Crippen molar-refractivity contribution in [3.05, 3.63) is 36.0 Å². The molecule has 3 rings (SSSR count). The highest BCUT2D eigenvalue weighted by Gasteiger charge is 2.09. The van der Waals surface area contributed by atoms with E-state index in [4.69, 9.17) is 4.74 Å². The van der Waals surface area contributed by atoms with Gasteiger partial charge in [0.25, 0.3) is 0 Å². The summed E-state index contributed by atoms with van der Waals surface area (Å²) in [5.41, 5.74) is 2.56. The maximum Gasteiger partial charge on any atom is 0.0594 e. The number of fused-ring (bicyclic) bond motifs is 1. The number of aromatic nitrogens is 1. The van der Waals surface area contributed by atoms with Gasteiger partial charge in [0.2, 0.25) is 0 Å². The van der Waals surface area contributed by atoms with Crippen LogP contribution in [-0.4, -0.2) is 49.3 Å². The van der Waals surface area contributed by atoms with Gasteiger partial charge in [0.1, 0.15) is 0 Å². The molecule has 1 saturated heterocycles. The van der Waals surface area contributed by atoms with E-state index in [2.05, 4.69) is 45.7 Å². The minimum absolute atomic E-state index is 0.877. The van der Waals surface area contributed by atoms with Crippen LogP contribution in [-0.2, 0) is 11.3 Å². The molecule has 0 unspecified atom stereocenters. The predicted octanol–water partition coefficient (Wildman–Crippen LogP) is 1.59. The van der Waals surface area contributed by atoms with Crippen LogP contribution in [0, 0.1) is 0 Å². The van der Waals surface area contributed by atoms with Gasteiger partial charge in [0.15, 0.2) is 0 Å². The molecule has 0 amide bonds. The van der Waals surface area contributed by atoms with Gasteiger partial charge in [-0.25, -0.2) is 0 Å². The van der Waals surface area contributed by atoms with E-state index in [-0.39, 0.29) is 0 Å². The Morgan fingerprint density at radius 2 is 2.05 bits per heavy atom. The maximum absolute atomic E-state index is 5.35. The summed E-state index contributed by atoms with van der Waals surface area (Å²) in [6.07, 6.45) is 2.10. The monoisotopic (exact) mass is 259 g/mol. The molecule has 4 nitrogen and oxygen atoms in total. The molecular weight excluding hydrogens is 238 g/mol. The Morgan fingerprint density at radius 1 is 1.21 bits per heavy atom. The molecule has 0 saturated carbocycles. The Hall–Kier alpha value is -1.36. The number of aromatic amines is 1. The zero-order chi connectivity index (χ0) is 12.9. The lowest BCUT2D eigenvalue weighted by Gasteiger charge is -2.26. The van der Waals surface area contributed by atoms with Gasteiger partial charge >= 0.3 is 0 Å². The molecule has 0 aliphatic carbocycles. The fraction of sp³-hybridized carbons (Fsp3) is 0.467. The Morgan fingerprint density at radius 3 is 2.95 bits per heavy atom. The summed E-state index contributed by atoms with van der Waals surface area (Å²) in [5.74, 6) is 0. The average molecular weight is 259 g/mol. The minimum atomic E-state index is 0.877. The van der Waals surface area contributed by atoms with Gasteiger partial charge in [-0.1, -0.05) is 18.2 Å². The van der Waals surface area contributed by atoms with E-state index in [0.717, 1.165) is 45.9 Å². The second-order valence-corrected chi connectivity index (χ2v) is 4.99. The summed E-state index contributed by atoms with van der Waals surface area (Å²) in [6.45, 7) is 6.94. The molecular formula is C15H21N3O. The third-order valence-corrected chi connectivity index (χ3v) is 3.70. The first-order valence-electron chi connectivity index (χ1n) is 6.99. The van der Waals surface area contributed by atoms with Crippen molar-refractivity contribution in [1.82, 2.24) is 15.2 Å². The van der Waals surface area contributed by atoms with Gasteiger partial charge in [-0.05, 0) is 11.6 Å². The van der Waals surface area contributed by atoms with Crippen LogP contribution in [0.2, 0.25) is 0 Å². The first-order valence-corrected chi connectivity index (χ1v) is 6.99. The number of ether oxygens (including phenoxy) is 1. The Labute approximate surface area is 113 Å². The number of nitrogens with zero attached hydrogens (tertiary/aromatic N) is 1. The fourth-order valence-electron chi connectivity index (χ4n) is 2.56. The lowest BCUT2D eigenvalue weighted by Crippen LogP contribution is -2.40. The largest absolute Gasteiger partial charge is 0.379 e. The molecule has 0 atom stereocenters. The van der Waals surface area contributed by atoms with Crippen molar-refractivity contribution < 1.29 is 4.74 Å². The SMILES string of the molecule is c1ccc2c(CNCCN3CCOCC3)c[nH]c2c1. The second kappa shape index (κ2) is 6.19. The van der Waals surface area contributed by atoms with Crippen LogP contribution in [0.25, 0.3) is 10.9 Å². The molecule has 0 spiro atoms. The van der Waals surface area contributed by atoms with Gasteiger partial charge < -0.3 is 15.0 Å². The normalized spacial score (nSPS) is 17.1. The van der Waals surface area contributed by atoms with Crippen LogP contribution < -0.4 is 5.32 Å². The topological polar surface area (TPSA) is 40.3 Å². The van der Waals surface area contributed by atoms with Crippen molar-refractivity contribution in [2.24, 2.45) is 0 Å².